The molecule has 1 aliphatic carbocycles. The van der Waals surface area contributed by atoms with Gasteiger partial charge in [0, 0.05) is 13.7 Å². The van der Waals surface area contributed by atoms with Crippen molar-refractivity contribution in [2.45, 2.75) is 44.3 Å². The number of aliphatic hydroxyl groups excluding tert-OH is 1. The molecule has 0 aliphatic heterocycles. The average Bonchev–Trinajstić information content (AvgIpc) is 2.96. The van der Waals surface area contributed by atoms with Crippen LogP contribution in [-0.4, -0.2) is 34.2 Å². The molecule has 0 saturated heterocycles. The normalized spacial score (nSPS) is 20.0. The minimum absolute atomic E-state index is 0.476. The topological polar surface area (TPSA) is 56.5 Å². The first-order chi connectivity index (χ1) is 8.64. The van der Waals surface area contributed by atoms with Gasteiger partial charge in [0.05, 0.1) is 18.9 Å². The van der Waals surface area contributed by atoms with E-state index >= 15 is 0 Å². The summed E-state index contributed by atoms with van der Waals surface area (Å²) in [6, 6.07) is 0. The highest BCUT2D eigenvalue weighted by molar-refractivity contribution is 5.29. The Bertz CT molecular complexity index is 397. The highest BCUT2D eigenvalue weighted by atomic mass is 16.5. The van der Waals surface area contributed by atoms with E-state index in [0.29, 0.717) is 18.1 Å². The number of methoxy groups -OCH3 is 1. The zero-order valence-electron chi connectivity index (χ0n) is 11.3. The van der Waals surface area contributed by atoms with Gasteiger partial charge in [0.25, 0.3) is 0 Å². The van der Waals surface area contributed by atoms with Crippen LogP contribution in [-0.2, 0) is 11.8 Å². The van der Waals surface area contributed by atoms with Gasteiger partial charge in [-0.25, -0.2) is 0 Å². The zero-order chi connectivity index (χ0) is 13.2. The van der Waals surface area contributed by atoms with E-state index in [1.807, 2.05) is 14.0 Å². The van der Waals surface area contributed by atoms with Crippen molar-refractivity contribution in [2.24, 2.45) is 7.05 Å². The van der Waals surface area contributed by atoms with E-state index in [1.54, 1.807) is 18.0 Å². The Hall–Kier alpha value is -1.07. The van der Waals surface area contributed by atoms with Crippen LogP contribution in [0, 0.1) is 0 Å². The molecule has 1 fully saturated rings. The molecular formula is C13H22N2O3. The monoisotopic (exact) mass is 254 g/mol. The predicted octanol–water partition coefficient (Wildman–Crippen LogP) is 1.81. The molecule has 1 N–H and O–H groups in total. The van der Waals surface area contributed by atoms with Gasteiger partial charge < -0.3 is 14.6 Å². The number of rotatable bonds is 5. The summed E-state index contributed by atoms with van der Waals surface area (Å²) >= 11 is 0. The maximum atomic E-state index is 10.7. The van der Waals surface area contributed by atoms with Gasteiger partial charge in [-0.15, -0.1) is 0 Å². The Morgan fingerprint density at radius 1 is 1.50 bits per heavy atom. The van der Waals surface area contributed by atoms with E-state index in [2.05, 4.69) is 5.10 Å². The van der Waals surface area contributed by atoms with E-state index in [4.69, 9.17) is 9.47 Å². The largest absolute Gasteiger partial charge is 0.493 e. The predicted molar refractivity (Wildman–Crippen MR) is 67.5 cm³/mol. The van der Waals surface area contributed by atoms with Crippen molar-refractivity contribution < 1.29 is 14.6 Å². The molecule has 0 bridgehead atoms. The van der Waals surface area contributed by atoms with Crippen LogP contribution >= 0.6 is 0 Å². The molecule has 5 nitrogen and oxygen atoms in total. The summed E-state index contributed by atoms with van der Waals surface area (Å²) in [5, 5.41) is 14.9. The van der Waals surface area contributed by atoms with E-state index in [9.17, 15) is 5.11 Å². The molecule has 5 heteroatoms. The van der Waals surface area contributed by atoms with Crippen molar-refractivity contribution in [3.63, 3.8) is 0 Å². The average molecular weight is 254 g/mol. The second-order valence-electron chi connectivity index (χ2n) is 4.83. The summed E-state index contributed by atoms with van der Waals surface area (Å²) in [6.07, 6.45) is 4.90. The van der Waals surface area contributed by atoms with Crippen molar-refractivity contribution in [1.82, 2.24) is 9.78 Å². The number of hydrogen-bond acceptors (Lipinski definition) is 4. The number of aromatic nitrogens is 2. The summed E-state index contributed by atoms with van der Waals surface area (Å²) in [5.41, 5.74) is 0.225. The van der Waals surface area contributed by atoms with Crippen molar-refractivity contribution in [2.75, 3.05) is 13.7 Å². The summed E-state index contributed by atoms with van der Waals surface area (Å²) < 4.78 is 12.8. The van der Waals surface area contributed by atoms with Crippen molar-refractivity contribution in [3.05, 3.63) is 11.9 Å². The number of aliphatic hydroxyl groups is 1. The first kappa shape index (κ1) is 13.4. The highest BCUT2D eigenvalue weighted by Crippen LogP contribution is 2.44. The van der Waals surface area contributed by atoms with Gasteiger partial charge in [0.15, 0.2) is 5.75 Å². The molecule has 1 aliphatic rings. The number of nitrogens with zero attached hydrogens (tertiary/aromatic N) is 2. The standard InChI is InChI=1S/C13H22N2O3/c1-4-18-13(7-5-6-8-13)12(16)11-10(17-3)9-14-15(11)2/h9,12,16H,4-8H2,1-3H3. The zero-order valence-corrected chi connectivity index (χ0v) is 11.3. The van der Waals surface area contributed by atoms with Crippen molar-refractivity contribution >= 4 is 0 Å². The fraction of sp³-hybridized carbons (Fsp3) is 0.769. The Labute approximate surface area is 108 Å². The number of ether oxygens (including phenoxy) is 2. The van der Waals surface area contributed by atoms with E-state index < -0.39 is 11.7 Å². The summed E-state index contributed by atoms with van der Waals surface area (Å²) in [6.45, 7) is 2.57. The Kier molecular flexibility index (Phi) is 3.92. The minimum atomic E-state index is -0.692. The molecule has 1 heterocycles. The maximum Gasteiger partial charge on any atom is 0.162 e. The fourth-order valence-corrected chi connectivity index (χ4v) is 2.90. The molecule has 1 saturated carbocycles. The second kappa shape index (κ2) is 5.28. The lowest BCUT2D eigenvalue weighted by Gasteiger charge is -2.34. The molecule has 1 atom stereocenters. The van der Waals surface area contributed by atoms with Crippen LogP contribution in [0.25, 0.3) is 0 Å². The van der Waals surface area contributed by atoms with Crippen molar-refractivity contribution in [1.29, 1.82) is 0 Å². The molecule has 0 spiro atoms. The van der Waals surface area contributed by atoms with Crippen LogP contribution in [0.15, 0.2) is 6.20 Å². The number of hydrogen-bond donors (Lipinski definition) is 1. The lowest BCUT2D eigenvalue weighted by atomic mass is 9.91. The SMILES string of the molecule is CCOC1(C(O)c2c(OC)cnn2C)CCCC1. The third-order valence-electron chi connectivity index (χ3n) is 3.81. The third-order valence-corrected chi connectivity index (χ3v) is 3.81. The van der Waals surface area contributed by atoms with Crippen LogP contribution in [0.4, 0.5) is 0 Å². The molecule has 0 amide bonds. The van der Waals surface area contributed by atoms with Gasteiger partial charge >= 0.3 is 0 Å². The summed E-state index contributed by atoms with van der Waals surface area (Å²) in [7, 11) is 3.41. The first-order valence-corrected chi connectivity index (χ1v) is 6.52. The van der Waals surface area contributed by atoms with E-state index in [1.165, 1.54) is 0 Å². The van der Waals surface area contributed by atoms with Crippen molar-refractivity contribution in [3.8, 4) is 5.75 Å². The quantitative estimate of drug-likeness (QED) is 0.870. The lowest BCUT2D eigenvalue weighted by Crippen LogP contribution is -2.37. The molecule has 1 unspecified atom stereocenters. The Morgan fingerprint density at radius 2 is 2.17 bits per heavy atom. The van der Waals surface area contributed by atoms with Gasteiger partial charge in [-0.2, -0.15) is 5.10 Å². The molecule has 0 aromatic carbocycles. The molecule has 102 valence electrons. The van der Waals surface area contributed by atoms with E-state index in [-0.39, 0.29) is 0 Å². The summed E-state index contributed by atoms with van der Waals surface area (Å²) in [5.74, 6) is 0.621. The highest BCUT2D eigenvalue weighted by Gasteiger charge is 2.44. The fourth-order valence-electron chi connectivity index (χ4n) is 2.90. The second-order valence-corrected chi connectivity index (χ2v) is 4.83. The van der Waals surface area contributed by atoms with Gasteiger partial charge in [-0.05, 0) is 19.8 Å². The van der Waals surface area contributed by atoms with Crippen LogP contribution in [0.3, 0.4) is 0 Å². The maximum absolute atomic E-state index is 10.7. The Morgan fingerprint density at radius 3 is 2.72 bits per heavy atom. The van der Waals surface area contributed by atoms with Crippen LogP contribution in [0.2, 0.25) is 0 Å². The number of aryl methyl sites for hydroxylation is 1. The molecule has 18 heavy (non-hydrogen) atoms. The van der Waals surface area contributed by atoms with Crippen LogP contribution < -0.4 is 4.74 Å². The molecule has 1 aromatic heterocycles. The van der Waals surface area contributed by atoms with Crippen LogP contribution in [0.5, 0.6) is 5.75 Å². The van der Waals surface area contributed by atoms with Crippen LogP contribution in [0.1, 0.15) is 44.4 Å². The third kappa shape index (κ3) is 2.12. The molecular weight excluding hydrogens is 232 g/mol. The Balaban J connectivity index is 2.33. The molecule has 0 radical (unpaired) electrons. The molecule has 1 aromatic rings. The first-order valence-electron chi connectivity index (χ1n) is 6.52. The smallest absolute Gasteiger partial charge is 0.162 e. The lowest BCUT2D eigenvalue weighted by molar-refractivity contribution is -0.121. The summed E-state index contributed by atoms with van der Waals surface area (Å²) in [4.78, 5) is 0. The molecule has 2 rings (SSSR count). The van der Waals surface area contributed by atoms with Gasteiger partial charge in [-0.3, -0.25) is 4.68 Å². The van der Waals surface area contributed by atoms with Gasteiger partial charge in [0.1, 0.15) is 11.8 Å². The van der Waals surface area contributed by atoms with E-state index in [0.717, 1.165) is 25.7 Å². The van der Waals surface area contributed by atoms with Gasteiger partial charge in [-0.1, -0.05) is 12.8 Å². The van der Waals surface area contributed by atoms with Gasteiger partial charge in [0.2, 0.25) is 0 Å². The minimum Gasteiger partial charge on any atom is -0.493 e.